The Bertz CT molecular complexity index is 512. The fourth-order valence-electron chi connectivity index (χ4n) is 1.87. The summed E-state index contributed by atoms with van der Waals surface area (Å²) in [6.07, 6.45) is 5.72. The second-order valence-corrected chi connectivity index (χ2v) is 6.10. The van der Waals surface area contributed by atoms with Crippen molar-refractivity contribution in [1.29, 1.82) is 0 Å². The number of aryl methyl sites for hydroxylation is 2. The van der Waals surface area contributed by atoms with E-state index in [1.165, 1.54) is 5.56 Å². The summed E-state index contributed by atoms with van der Waals surface area (Å²) in [6.45, 7) is 7.27. The summed E-state index contributed by atoms with van der Waals surface area (Å²) in [7, 11) is 0. The zero-order valence-electron chi connectivity index (χ0n) is 12.6. The number of hydrogen-bond donors (Lipinski definition) is 1. The molecule has 0 bridgehead atoms. The van der Waals surface area contributed by atoms with E-state index in [9.17, 15) is 0 Å². The van der Waals surface area contributed by atoms with Gasteiger partial charge in [0.05, 0.1) is 0 Å². The van der Waals surface area contributed by atoms with E-state index in [1.54, 1.807) is 0 Å². The van der Waals surface area contributed by atoms with Gasteiger partial charge in [0.2, 0.25) is 0 Å². The first kappa shape index (κ1) is 14.7. The van der Waals surface area contributed by atoms with Gasteiger partial charge in [0, 0.05) is 36.5 Å². The number of benzene rings is 1. The highest BCUT2D eigenvalue weighted by atomic mass is 15.0. The first-order valence-corrected chi connectivity index (χ1v) is 7.12. The molecule has 20 heavy (non-hydrogen) atoms. The zero-order chi connectivity index (χ0) is 14.4. The Labute approximate surface area is 121 Å². The number of nitrogens with zero attached hydrogens (tertiary/aromatic N) is 2. The van der Waals surface area contributed by atoms with Gasteiger partial charge in [-0.3, -0.25) is 0 Å². The molecule has 0 spiro atoms. The molecule has 0 aliphatic heterocycles. The summed E-state index contributed by atoms with van der Waals surface area (Å²) >= 11 is 0. The van der Waals surface area contributed by atoms with E-state index in [2.05, 4.69) is 60.3 Å². The number of hydrogen-bond acceptors (Lipinski definition) is 3. The van der Waals surface area contributed by atoms with Crippen LogP contribution < -0.4 is 5.32 Å². The maximum Gasteiger partial charge on any atom is 0.128 e. The summed E-state index contributed by atoms with van der Waals surface area (Å²) in [5.74, 6) is 0.911. The molecule has 1 N–H and O–H groups in total. The Morgan fingerprint density at radius 1 is 0.900 bits per heavy atom. The monoisotopic (exact) mass is 269 g/mol. The Hall–Kier alpha value is -1.74. The quantitative estimate of drug-likeness (QED) is 0.906. The first-order valence-electron chi connectivity index (χ1n) is 7.12. The molecule has 3 heteroatoms. The molecule has 1 aromatic carbocycles. The highest BCUT2D eigenvalue weighted by Gasteiger charge is 2.08. The van der Waals surface area contributed by atoms with Crippen LogP contribution >= 0.6 is 0 Å². The van der Waals surface area contributed by atoms with E-state index in [1.807, 2.05) is 18.5 Å². The fraction of sp³-hybridized carbons (Fsp3) is 0.412. The van der Waals surface area contributed by atoms with Crippen molar-refractivity contribution in [3.05, 3.63) is 59.7 Å². The van der Waals surface area contributed by atoms with E-state index in [0.717, 1.165) is 30.8 Å². The standard InChI is InChI=1S/C17H23N3/c1-17(2,3)20-13-15-11-18-16(19-12-15)10-9-14-7-5-4-6-8-14/h4-8,11-12,20H,9-10,13H2,1-3H3. The summed E-state index contributed by atoms with van der Waals surface area (Å²) in [6, 6.07) is 10.5. The molecular weight excluding hydrogens is 246 g/mol. The lowest BCUT2D eigenvalue weighted by atomic mass is 10.1. The smallest absolute Gasteiger partial charge is 0.128 e. The number of rotatable bonds is 5. The van der Waals surface area contributed by atoms with Crippen molar-refractivity contribution >= 4 is 0 Å². The molecule has 0 unspecified atom stereocenters. The van der Waals surface area contributed by atoms with E-state index < -0.39 is 0 Å². The molecule has 3 nitrogen and oxygen atoms in total. The van der Waals surface area contributed by atoms with Crippen LogP contribution in [0.5, 0.6) is 0 Å². The average Bonchev–Trinajstić information content (AvgIpc) is 2.44. The number of nitrogens with one attached hydrogen (secondary N) is 1. The highest BCUT2D eigenvalue weighted by molar-refractivity contribution is 5.15. The lowest BCUT2D eigenvalue weighted by molar-refractivity contribution is 0.423. The summed E-state index contributed by atoms with van der Waals surface area (Å²) < 4.78 is 0. The third-order valence-electron chi connectivity index (χ3n) is 3.06. The molecule has 0 amide bonds. The molecule has 0 saturated heterocycles. The zero-order valence-corrected chi connectivity index (χ0v) is 12.6. The Kier molecular flexibility index (Phi) is 4.85. The molecule has 0 saturated carbocycles. The molecule has 0 atom stereocenters. The maximum absolute atomic E-state index is 4.44. The average molecular weight is 269 g/mol. The van der Waals surface area contributed by atoms with Gasteiger partial charge in [-0.15, -0.1) is 0 Å². The molecule has 1 aromatic heterocycles. The summed E-state index contributed by atoms with van der Waals surface area (Å²) in [5.41, 5.74) is 2.57. The fourth-order valence-corrected chi connectivity index (χ4v) is 1.87. The normalized spacial score (nSPS) is 11.6. The van der Waals surface area contributed by atoms with Crippen molar-refractivity contribution in [2.24, 2.45) is 0 Å². The minimum Gasteiger partial charge on any atom is -0.308 e. The van der Waals surface area contributed by atoms with E-state index in [-0.39, 0.29) is 5.54 Å². The molecule has 106 valence electrons. The minimum atomic E-state index is 0.117. The maximum atomic E-state index is 4.44. The van der Waals surface area contributed by atoms with Crippen molar-refractivity contribution in [3.8, 4) is 0 Å². The van der Waals surface area contributed by atoms with Crippen molar-refractivity contribution in [2.75, 3.05) is 0 Å². The van der Waals surface area contributed by atoms with Gasteiger partial charge in [-0.05, 0) is 32.8 Å². The second-order valence-electron chi connectivity index (χ2n) is 6.10. The lowest BCUT2D eigenvalue weighted by Crippen LogP contribution is -2.35. The van der Waals surface area contributed by atoms with Gasteiger partial charge in [-0.25, -0.2) is 9.97 Å². The molecule has 0 aliphatic rings. The largest absolute Gasteiger partial charge is 0.308 e. The van der Waals surface area contributed by atoms with Crippen LogP contribution in [0.15, 0.2) is 42.7 Å². The van der Waals surface area contributed by atoms with Crippen LogP contribution in [0.25, 0.3) is 0 Å². The van der Waals surface area contributed by atoms with Crippen LogP contribution in [-0.2, 0) is 19.4 Å². The molecule has 0 fully saturated rings. The van der Waals surface area contributed by atoms with Crippen LogP contribution in [0.2, 0.25) is 0 Å². The third-order valence-corrected chi connectivity index (χ3v) is 3.06. The van der Waals surface area contributed by atoms with Gasteiger partial charge in [0.15, 0.2) is 0 Å². The molecule has 0 radical (unpaired) electrons. The van der Waals surface area contributed by atoms with Crippen LogP contribution in [0.3, 0.4) is 0 Å². The Balaban J connectivity index is 1.85. The molecule has 1 heterocycles. The van der Waals surface area contributed by atoms with Gasteiger partial charge in [-0.1, -0.05) is 30.3 Å². The minimum absolute atomic E-state index is 0.117. The van der Waals surface area contributed by atoms with Gasteiger partial charge < -0.3 is 5.32 Å². The van der Waals surface area contributed by atoms with Crippen LogP contribution in [0, 0.1) is 0 Å². The van der Waals surface area contributed by atoms with Crippen LogP contribution in [0.1, 0.15) is 37.7 Å². The molecule has 2 aromatic rings. The SMILES string of the molecule is CC(C)(C)NCc1cnc(CCc2ccccc2)nc1. The van der Waals surface area contributed by atoms with Gasteiger partial charge in [0.1, 0.15) is 5.82 Å². The van der Waals surface area contributed by atoms with E-state index >= 15 is 0 Å². The molecule has 0 aliphatic carbocycles. The third kappa shape index (κ3) is 5.10. The van der Waals surface area contributed by atoms with Crippen molar-refractivity contribution in [3.63, 3.8) is 0 Å². The van der Waals surface area contributed by atoms with Crippen LogP contribution in [0.4, 0.5) is 0 Å². The molecule has 2 rings (SSSR count). The van der Waals surface area contributed by atoms with Crippen molar-refractivity contribution in [2.45, 2.75) is 45.7 Å². The Morgan fingerprint density at radius 2 is 1.55 bits per heavy atom. The number of aromatic nitrogens is 2. The summed E-state index contributed by atoms with van der Waals surface area (Å²) in [4.78, 5) is 8.89. The predicted octanol–water partition coefficient (Wildman–Crippen LogP) is 3.15. The van der Waals surface area contributed by atoms with E-state index in [0.29, 0.717) is 0 Å². The van der Waals surface area contributed by atoms with Crippen molar-refractivity contribution < 1.29 is 0 Å². The van der Waals surface area contributed by atoms with Crippen LogP contribution in [-0.4, -0.2) is 15.5 Å². The summed E-state index contributed by atoms with van der Waals surface area (Å²) in [5, 5.41) is 3.44. The second kappa shape index (κ2) is 6.62. The van der Waals surface area contributed by atoms with Gasteiger partial charge >= 0.3 is 0 Å². The van der Waals surface area contributed by atoms with Gasteiger partial charge in [-0.2, -0.15) is 0 Å². The predicted molar refractivity (Wildman–Crippen MR) is 82.5 cm³/mol. The Morgan fingerprint density at radius 3 is 2.15 bits per heavy atom. The van der Waals surface area contributed by atoms with E-state index in [4.69, 9.17) is 0 Å². The first-order chi connectivity index (χ1) is 9.53. The topological polar surface area (TPSA) is 37.8 Å². The lowest BCUT2D eigenvalue weighted by Gasteiger charge is -2.20. The van der Waals surface area contributed by atoms with Crippen molar-refractivity contribution in [1.82, 2.24) is 15.3 Å². The highest BCUT2D eigenvalue weighted by Crippen LogP contribution is 2.05. The molecular formula is C17H23N3. The van der Waals surface area contributed by atoms with Gasteiger partial charge in [0.25, 0.3) is 0 Å².